The molecule has 1 saturated carbocycles. The highest BCUT2D eigenvalue weighted by Crippen LogP contribution is 2.22. The number of halogens is 1. The molecule has 26 heavy (non-hydrogen) atoms. The number of rotatable bonds is 6. The van der Waals surface area contributed by atoms with Crippen LogP contribution in [0.3, 0.4) is 0 Å². The summed E-state index contributed by atoms with van der Waals surface area (Å²) >= 11 is 0. The van der Waals surface area contributed by atoms with Crippen LogP contribution in [0.25, 0.3) is 0 Å². The van der Waals surface area contributed by atoms with Gasteiger partial charge in [-0.15, -0.1) is 0 Å². The average molecular weight is 383 g/mol. The van der Waals surface area contributed by atoms with Crippen molar-refractivity contribution in [2.45, 2.75) is 64.0 Å². The Hall–Kier alpha value is -1.46. The summed E-state index contributed by atoms with van der Waals surface area (Å²) < 4.78 is 11.4. The molecular weight excluding hydrogens is 352 g/mol. The molecule has 0 spiro atoms. The third-order valence-corrected chi connectivity index (χ3v) is 5.30. The van der Waals surface area contributed by atoms with E-state index in [0.29, 0.717) is 12.6 Å². The normalized spacial score (nSPS) is 23.1. The molecular formula is C20H31ClN2O3. The minimum Gasteiger partial charge on any atom is -1.00 e. The highest BCUT2D eigenvalue weighted by molar-refractivity contribution is 5.84. The van der Waals surface area contributed by atoms with E-state index in [-0.39, 0.29) is 24.6 Å². The van der Waals surface area contributed by atoms with E-state index in [1.165, 1.54) is 38.8 Å². The van der Waals surface area contributed by atoms with Crippen molar-refractivity contribution >= 4 is 11.8 Å². The first kappa shape index (κ1) is 20.8. The molecule has 0 radical (unpaired) electrons. The highest BCUT2D eigenvalue weighted by atomic mass is 35.5. The van der Waals surface area contributed by atoms with Crippen molar-refractivity contribution in [3.8, 4) is 5.75 Å². The molecule has 3 rings (SSSR count). The van der Waals surface area contributed by atoms with Crippen LogP contribution in [0.4, 0.5) is 10.5 Å². The van der Waals surface area contributed by atoms with Gasteiger partial charge in [0.25, 0.3) is 0 Å². The molecule has 0 aromatic heterocycles. The van der Waals surface area contributed by atoms with Gasteiger partial charge in [0, 0.05) is 24.9 Å². The Morgan fingerprint density at radius 1 is 1.12 bits per heavy atom. The van der Waals surface area contributed by atoms with Crippen LogP contribution in [-0.4, -0.2) is 37.9 Å². The van der Waals surface area contributed by atoms with Crippen LogP contribution < -0.4 is 27.4 Å². The van der Waals surface area contributed by atoms with Crippen LogP contribution >= 0.6 is 0 Å². The second-order valence-electron chi connectivity index (χ2n) is 7.20. The summed E-state index contributed by atoms with van der Waals surface area (Å²) in [5.74, 6) is 0.825. The van der Waals surface area contributed by atoms with Gasteiger partial charge >= 0.3 is 6.09 Å². The summed E-state index contributed by atoms with van der Waals surface area (Å²) in [6.45, 7) is 5.24. The highest BCUT2D eigenvalue weighted by Gasteiger charge is 2.37. The Bertz CT molecular complexity index is 546. The molecule has 6 heteroatoms. The van der Waals surface area contributed by atoms with Gasteiger partial charge in [0.1, 0.15) is 11.8 Å². The Labute approximate surface area is 162 Å². The fraction of sp³-hybridized carbons (Fsp3) is 0.650. The number of anilines is 1. The molecule has 1 aliphatic carbocycles. The number of carbonyl (C=O) groups is 1. The average Bonchev–Trinajstić information content (AvgIpc) is 3.16. The predicted octanol–water partition coefficient (Wildman–Crippen LogP) is 0.0178. The molecule has 1 amide bonds. The van der Waals surface area contributed by atoms with Crippen molar-refractivity contribution in [2.24, 2.45) is 0 Å². The van der Waals surface area contributed by atoms with Gasteiger partial charge in [0.2, 0.25) is 0 Å². The Morgan fingerprint density at radius 3 is 2.50 bits per heavy atom. The maximum Gasteiger partial charge on any atom is 0.412 e. The van der Waals surface area contributed by atoms with E-state index in [0.717, 1.165) is 30.7 Å². The number of carbonyl (C=O) groups excluding carboxylic acids is 1. The lowest BCUT2D eigenvalue weighted by atomic mass is 9.91. The number of benzene rings is 1. The van der Waals surface area contributed by atoms with E-state index in [1.807, 2.05) is 24.3 Å². The molecule has 1 aliphatic heterocycles. The predicted molar refractivity (Wildman–Crippen MR) is 98.3 cm³/mol. The third-order valence-electron chi connectivity index (χ3n) is 5.30. The van der Waals surface area contributed by atoms with E-state index >= 15 is 0 Å². The van der Waals surface area contributed by atoms with E-state index < -0.39 is 0 Å². The number of likely N-dealkylation sites (tertiary alicyclic amines) is 1. The van der Waals surface area contributed by atoms with Gasteiger partial charge in [0.05, 0.1) is 19.7 Å². The molecule has 2 atom stereocenters. The first-order chi connectivity index (χ1) is 12.3. The topological polar surface area (TPSA) is 52.0 Å². The van der Waals surface area contributed by atoms with Crippen molar-refractivity contribution in [1.29, 1.82) is 0 Å². The maximum absolute atomic E-state index is 12.3. The quantitative estimate of drug-likeness (QED) is 0.729. The molecule has 1 aromatic rings. The molecule has 1 heterocycles. The summed E-state index contributed by atoms with van der Waals surface area (Å²) in [5, 5.41) is 2.86. The van der Waals surface area contributed by atoms with Crippen molar-refractivity contribution < 1.29 is 31.6 Å². The minimum atomic E-state index is -0.335. The van der Waals surface area contributed by atoms with Crippen LogP contribution in [0.15, 0.2) is 24.3 Å². The van der Waals surface area contributed by atoms with Crippen LogP contribution in [0.5, 0.6) is 5.75 Å². The number of hydrogen-bond acceptors (Lipinski definition) is 3. The van der Waals surface area contributed by atoms with Crippen molar-refractivity contribution in [3.63, 3.8) is 0 Å². The summed E-state index contributed by atoms with van der Waals surface area (Å²) in [6.07, 6.45) is 7.89. The Morgan fingerprint density at radius 2 is 1.81 bits per heavy atom. The van der Waals surface area contributed by atoms with E-state index in [9.17, 15) is 4.79 Å². The molecule has 2 unspecified atom stereocenters. The van der Waals surface area contributed by atoms with Gasteiger partial charge in [0.15, 0.2) is 6.10 Å². The smallest absolute Gasteiger partial charge is 0.412 e. The number of ether oxygens (including phenoxy) is 2. The second-order valence-corrected chi connectivity index (χ2v) is 7.20. The number of quaternary nitrogens is 1. The zero-order valence-corrected chi connectivity index (χ0v) is 16.4. The molecule has 1 aromatic carbocycles. The van der Waals surface area contributed by atoms with Crippen LogP contribution in [-0.2, 0) is 4.74 Å². The molecule has 146 valence electrons. The van der Waals surface area contributed by atoms with E-state index in [4.69, 9.17) is 9.47 Å². The summed E-state index contributed by atoms with van der Waals surface area (Å²) in [6, 6.07) is 7.95. The van der Waals surface area contributed by atoms with Gasteiger partial charge in [-0.3, -0.25) is 5.32 Å². The lowest BCUT2D eigenvalue weighted by molar-refractivity contribution is -0.918. The van der Waals surface area contributed by atoms with E-state index in [2.05, 4.69) is 12.2 Å². The molecule has 5 nitrogen and oxygen atoms in total. The molecule has 0 bridgehead atoms. The van der Waals surface area contributed by atoms with Crippen LogP contribution in [0.1, 0.15) is 51.9 Å². The van der Waals surface area contributed by atoms with Gasteiger partial charge in [-0.1, -0.05) is 6.92 Å². The fourth-order valence-electron chi connectivity index (χ4n) is 4.04. The minimum absolute atomic E-state index is 0. The summed E-state index contributed by atoms with van der Waals surface area (Å²) in [7, 11) is 0. The monoisotopic (exact) mass is 382 g/mol. The Balaban J connectivity index is 0.00000243. The zero-order chi connectivity index (χ0) is 17.5. The number of nitrogens with one attached hydrogen (secondary N) is 2. The largest absolute Gasteiger partial charge is 1.00 e. The van der Waals surface area contributed by atoms with Crippen molar-refractivity contribution in [1.82, 2.24) is 0 Å². The fourth-order valence-corrected chi connectivity index (χ4v) is 4.04. The Kier molecular flexibility index (Phi) is 8.52. The van der Waals surface area contributed by atoms with Crippen LogP contribution in [0.2, 0.25) is 0 Å². The molecule has 1 saturated heterocycles. The van der Waals surface area contributed by atoms with Gasteiger partial charge in [-0.05, 0) is 49.9 Å². The first-order valence-corrected chi connectivity index (χ1v) is 9.81. The second kappa shape index (κ2) is 10.6. The number of amides is 1. The van der Waals surface area contributed by atoms with E-state index in [1.54, 1.807) is 4.90 Å². The lowest BCUT2D eigenvalue weighted by Gasteiger charge is -2.34. The van der Waals surface area contributed by atoms with Crippen molar-refractivity contribution in [2.75, 3.05) is 25.0 Å². The SMILES string of the molecule is CCCOc1ccc(NC(=O)OC2CCCCC2[NH+]2CCCC2)cc1.[Cl-]. The number of hydrogen-bond donors (Lipinski definition) is 2. The van der Waals surface area contributed by atoms with Gasteiger partial charge in [-0.2, -0.15) is 0 Å². The zero-order valence-electron chi connectivity index (χ0n) is 15.6. The first-order valence-electron chi connectivity index (χ1n) is 9.81. The molecule has 2 N–H and O–H groups in total. The standard InChI is InChI=1S/C20H30N2O3.ClH/c1-2-15-24-17-11-9-16(10-12-17)21-20(23)25-19-8-4-3-7-18(19)22-13-5-6-14-22;/h9-12,18-19H,2-8,13-15H2,1H3,(H,21,23);1H. The van der Waals surface area contributed by atoms with Crippen molar-refractivity contribution in [3.05, 3.63) is 24.3 Å². The van der Waals surface area contributed by atoms with Gasteiger partial charge in [-0.25, -0.2) is 4.79 Å². The molecule has 2 aliphatic rings. The molecule has 2 fully saturated rings. The maximum atomic E-state index is 12.3. The lowest BCUT2D eigenvalue weighted by Crippen LogP contribution is -3.15. The summed E-state index contributed by atoms with van der Waals surface area (Å²) in [4.78, 5) is 14.0. The third kappa shape index (κ3) is 5.78. The van der Waals surface area contributed by atoms with Crippen LogP contribution in [0, 0.1) is 0 Å². The van der Waals surface area contributed by atoms with Gasteiger partial charge < -0.3 is 26.8 Å². The summed E-state index contributed by atoms with van der Waals surface area (Å²) in [5.41, 5.74) is 0.745.